The zero-order chi connectivity index (χ0) is 24.1. The topological polar surface area (TPSA) is 74.6 Å². The van der Waals surface area contributed by atoms with Crippen molar-refractivity contribution in [1.29, 1.82) is 0 Å². The Bertz CT molecular complexity index is 1230. The van der Waals surface area contributed by atoms with Gasteiger partial charge in [-0.15, -0.1) is 5.10 Å². The molecule has 2 aromatic carbocycles. The minimum Gasteiger partial charge on any atom is -0.364 e. The lowest BCUT2D eigenvalue weighted by Gasteiger charge is -2.22. The summed E-state index contributed by atoms with van der Waals surface area (Å²) in [5.41, 5.74) is 3.04. The number of fused-ring (bicyclic) bond motifs is 1. The molecule has 4 rings (SSSR count). The van der Waals surface area contributed by atoms with Crippen molar-refractivity contribution in [2.24, 2.45) is 0 Å². The van der Waals surface area contributed by atoms with E-state index in [9.17, 15) is 4.79 Å². The number of rotatable bonds is 9. The van der Waals surface area contributed by atoms with E-state index in [-0.39, 0.29) is 18.0 Å². The Kier molecular flexibility index (Phi) is 7.17. The summed E-state index contributed by atoms with van der Waals surface area (Å²) < 4.78 is 1.85. The average Bonchev–Trinajstić information content (AvgIpc) is 3.37. The number of aromatic nitrogens is 3. The molecule has 2 N–H and O–H groups in total. The SMILES string of the molecule is CN(CC(=O)NCCCc1ccccc1)c1nn2c(NC(C)(C)C)c(-c3ccccc3)nc2s1. The molecule has 2 heterocycles. The Morgan fingerprint density at radius 3 is 2.41 bits per heavy atom. The fourth-order valence-corrected chi connectivity index (χ4v) is 4.52. The molecular weight excluding hydrogens is 444 g/mol. The quantitative estimate of drug-likeness (QED) is 0.338. The van der Waals surface area contributed by atoms with E-state index in [2.05, 4.69) is 55.7 Å². The Morgan fingerprint density at radius 2 is 1.74 bits per heavy atom. The summed E-state index contributed by atoms with van der Waals surface area (Å²) >= 11 is 1.48. The van der Waals surface area contributed by atoms with Crippen LogP contribution in [0, 0.1) is 0 Å². The monoisotopic (exact) mass is 476 g/mol. The fraction of sp³-hybridized carbons (Fsp3) is 0.346. The van der Waals surface area contributed by atoms with Gasteiger partial charge in [-0.1, -0.05) is 72.0 Å². The van der Waals surface area contributed by atoms with Crippen molar-refractivity contribution in [3.05, 3.63) is 66.2 Å². The molecule has 0 spiro atoms. The number of benzene rings is 2. The summed E-state index contributed by atoms with van der Waals surface area (Å²) in [6.45, 7) is 7.24. The van der Waals surface area contributed by atoms with Crippen LogP contribution in [0.5, 0.6) is 0 Å². The van der Waals surface area contributed by atoms with E-state index in [0.717, 1.165) is 40.0 Å². The van der Waals surface area contributed by atoms with Crippen LogP contribution in [0.25, 0.3) is 16.2 Å². The van der Waals surface area contributed by atoms with E-state index >= 15 is 0 Å². The molecule has 0 saturated carbocycles. The molecule has 2 aromatic heterocycles. The molecule has 0 atom stereocenters. The van der Waals surface area contributed by atoms with Crippen LogP contribution in [0.15, 0.2) is 60.7 Å². The van der Waals surface area contributed by atoms with Gasteiger partial charge in [0, 0.05) is 24.7 Å². The van der Waals surface area contributed by atoms with Crippen LogP contribution in [-0.2, 0) is 11.2 Å². The molecule has 0 unspecified atom stereocenters. The van der Waals surface area contributed by atoms with Gasteiger partial charge in [-0.25, -0.2) is 4.98 Å². The normalized spacial score (nSPS) is 11.5. The van der Waals surface area contributed by atoms with Crippen molar-refractivity contribution in [3.8, 4) is 11.3 Å². The first-order valence-electron chi connectivity index (χ1n) is 11.5. The van der Waals surface area contributed by atoms with Crippen LogP contribution in [0.1, 0.15) is 32.8 Å². The van der Waals surface area contributed by atoms with Crippen molar-refractivity contribution < 1.29 is 4.79 Å². The molecule has 0 saturated heterocycles. The predicted octanol–water partition coefficient (Wildman–Crippen LogP) is 4.85. The summed E-state index contributed by atoms with van der Waals surface area (Å²) in [6, 6.07) is 20.4. The molecule has 0 aliphatic heterocycles. The highest BCUT2D eigenvalue weighted by Crippen LogP contribution is 2.34. The van der Waals surface area contributed by atoms with Gasteiger partial charge < -0.3 is 15.5 Å². The maximum Gasteiger partial charge on any atom is 0.239 e. The van der Waals surface area contributed by atoms with Crippen LogP contribution in [-0.4, -0.2) is 46.2 Å². The smallest absolute Gasteiger partial charge is 0.239 e. The van der Waals surface area contributed by atoms with Gasteiger partial charge in [0.1, 0.15) is 5.69 Å². The van der Waals surface area contributed by atoms with Gasteiger partial charge in [-0.3, -0.25) is 4.79 Å². The number of aryl methyl sites for hydroxylation is 1. The van der Waals surface area contributed by atoms with Crippen molar-refractivity contribution >= 4 is 33.2 Å². The zero-order valence-corrected chi connectivity index (χ0v) is 21.0. The number of nitrogens with one attached hydrogen (secondary N) is 2. The van der Waals surface area contributed by atoms with Gasteiger partial charge in [0.25, 0.3) is 0 Å². The van der Waals surface area contributed by atoms with E-state index < -0.39 is 0 Å². The number of carbonyl (C=O) groups is 1. The Morgan fingerprint density at radius 1 is 1.06 bits per heavy atom. The van der Waals surface area contributed by atoms with Crippen LogP contribution >= 0.6 is 11.3 Å². The standard InChI is InChI=1S/C26H32N6OS/c1-26(2,3)29-23-22(20-15-9-6-10-16-20)28-24-32(23)30-25(34-24)31(4)18-21(33)27-17-11-14-19-12-7-5-8-13-19/h5-10,12-13,15-16,29H,11,14,17-18H2,1-4H3,(H,27,33). The summed E-state index contributed by atoms with van der Waals surface area (Å²) in [7, 11) is 1.89. The van der Waals surface area contributed by atoms with E-state index in [1.165, 1.54) is 16.9 Å². The molecule has 4 aromatic rings. The second kappa shape index (κ2) is 10.3. The number of likely N-dealkylation sites (N-methyl/N-ethyl adjacent to an activating group) is 1. The van der Waals surface area contributed by atoms with E-state index in [1.807, 2.05) is 52.9 Å². The lowest BCUT2D eigenvalue weighted by Crippen LogP contribution is -2.35. The number of hydrogen-bond donors (Lipinski definition) is 2. The van der Waals surface area contributed by atoms with E-state index in [4.69, 9.17) is 10.1 Å². The molecule has 8 heteroatoms. The Labute approximate surface area is 204 Å². The number of amides is 1. The van der Waals surface area contributed by atoms with Crippen molar-refractivity contribution in [1.82, 2.24) is 19.9 Å². The third-order valence-electron chi connectivity index (χ3n) is 5.25. The molecule has 7 nitrogen and oxygen atoms in total. The minimum absolute atomic E-state index is 0.0126. The largest absolute Gasteiger partial charge is 0.364 e. The Balaban J connectivity index is 1.43. The molecular formula is C26H32N6OS. The van der Waals surface area contributed by atoms with Crippen LogP contribution in [0.2, 0.25) is 0 Å². The number of imidazole rings is 1. The van der Waals surface area contributed by atoms with Crippen LogP contribution in [0.4, 0.5) is 10.9 Å². The predicted molar refractivity (Wildman–Crippen MR) is 141 cm³/mol. The van der Waals surface area contributed by atoms with Gasteiger partial charge >= 0.3 is 0 Å². The average molecular weight is 477 g/mol. The van der Waals surface area contributed by atoms with Gasteiger partial charge in [0.2, 0.25) is 16.0 Å². The fourth-order valence-electron chi connectivity index (χ4n) is 3.66. The number of hydrogen-bond acceptors (Lipinski definition) is 6. The van der Waals surface area contributed by atoms with E-state index in [1.54, 1.807) is 0 Å². The molecule has 1 amide bonds. The Hall–Kier alpha value is -3.39. The summed E-state index contributed by atoms with van der Waals surface area (Å²) in [5.74, 6) is 0.844. The lowest BCUT2D eigenvalue weighted by molar-refractivity contribution is -0.119. The number of nitrogens with zero attached hydrogens (tertiary/aromatic N) is 4. The summed E-state index contributed by atoms with van der Waals surface area (Å²) in [6.07, 6.45) is 1.86. The molecule has 0 bridgehead atoms. The minimum atomic E-state index is -0.158. The molecule has 178 valence electrons. The first kappa shape index (κ1) is 23.8. The third-order valence-corrected chi connectivity index (χ3v) is 6.27. The second-order valence-corrected chi connectivity index (χ2v) is 10.4. The zero-order valence-electron chi connectivity index (χ0n) is 20.2. The molecule has 34 heavy (non-hydrogen) atoms. The van der Waals surface area contributed by atoms with Gasteiger partial charge in [-0.2, -0.15) is 4.52 Å². The number of anilines is 2. The molecule has 0 fully saturated rings. The van der Waals surface area contributed by atoms with Gasteiger partial charge in [-0.05, 0) is 39.2 Å². The maximum absolute atomic E-state index is 12.5. The lowest BCUT2D eigenvalue weighted by atomic mass is 10.1. The molecule has 0 aliphatic carbocycles. The van der Waals surface area contributed by atoms with E-state index in [0.29, 0.717) is 6.54 Å². The maximum atomic E-state index is 12.5. The van der Waals surface area contributed by atoms with Crippen LogP contribution < -0.4 is 15.5 Å². The van der Waals surface area contributed by atoms with Crippen molar-refractivity contribution in [3.63, 3.8) is 0 Å². The van der Waals surface area contributed by atoms with Crippen molar-refractivity contribution in [2.75, 3.05) is 30.4 Å². The third kappa shape index (κ3) is 5.94. The van der Waals surface area contributed by atoms with Crippen LogP contribution in [0.3, 0.4) is 0 Å². The summed E-state index contributed by atoms with van der Waals surface area (Å²) in [4.78, 5) is 20.0. The molecule has 0 radical (unpaired) electrons. The highest BCUT2D eigenvalue weighted by atomic mass is 32.1. The first-order chi connectivity index (χ1) is 16.3. The first-order valence-corrected chi connectivity index (χ1v) is 12.4. The molecule has 0 aliphatic rings. The van der Waals surface area contributed by atoms with Crippen molar-refractivity contribution in [2.45, 2.75) is 39.2 Å². The van der Waals surface area contributed by atoms with Gasteiger partial charge in [0.05, 0.1) is 6.54 Å². The number of carbonyl (C=O) groups excluding carboxylic acids is 1. The highest BCUT2D eigenvalue weighted by Gasteiger charge is 2.23. The highest BCUT2D eigenvalue weighted by molar-refractivity contribution is 7.20. The second-order valence-electron chi connectivity index (χ2n) is 9.42. The summed E-state index contributed by atoms with van der Waals surface area (Å²) in [5, 5.41) is 12.1. The van der Waals surface area contributed by atoms with Gasteiger partial charge in [0.15, 0.2) is 5.82 Å².